The molecule has 3 aromatic carbocycles. The SMILES string of the molecule is COc1ccc(/C(O)=C2\C(=O)C(=O)N(CCCN(C)C)C2c2cccc(Oc3ccccc3)c2)cc1. The van der Waals surface area contributed by atoms with Crippen molar-refractivity contribution >= 4 is 17.4 Å². The second-order valence-corrected chi connectivity index (χ2v) is 8.87. The van der Waals surface area contributed by atoms with Gasteiger partial charge >= 0.3 is 0 Å². The number of aliphatic hydroxyl groups is 1. The van der Waals surface area contributed by atoms with Gasteiger partial charge in [0.2, 0.25) is 0 Å². The van der Waals surface area contributed by atoms with Gasteiger partial charge in [-0.25, -0.2) is 0 Å². The average Bonchev–Trinajstić information content (AvgIpc) is 3.14. The first-order valence-electron chi connectivity index (χ1n) is 11.8. The molecule has 0 aromatic heterocycles. The highest BCUT2D eigenvalue weighted by Gasteiger charge is 2.45. The molecule has 7 heteroatoms. The van der Waals surface area contributed by atoms with Gasteiger partial charge in [-0.05, 0) is 81.2 Å². The van der Waals surface area contributed by atoms with E-state index in [-0.39, 0.29) is 11.3 Å². The van der Waals surface area contributed by atoms with E-state index in [1.165, 1.54) is 0 Å². The molecule has 7 nitrogen and oxygen atoms in total. The number of hydrogen-bond donors (Lipinski definition) is 1. The first kappa shape index (κ1) is 25.0. The predicted molar refractivity (Wildman–Crippen MR) is 138 cm³/mol. The summed E-state index contributed by atoms with van der Waals surface area (Å²) in [4.78, 5) is 30.0. The Labute approximate surface area is 211 Å². The average molecular weight is 487 g/mol. The maximum absolute atomic E-state index is 13.2. The van der Waals surface area contributed by atoms with Crippen molar-refractivity contribution in [2.75, 3.05) is 34.3 Å². The summed E-state index contributed by atoms with van der Waals surface area (Å²) in [6, 6.07) is 22.7. The lowest BCUT2D eigenvalue weighted by atomic mass is 9.95. The summed E-state index contributed by atoms with van der Waals surface area (Å²) in [5.74, 6) is 0.328. The zero-order valence-corrected chi connectivity index (χ0v) is 20.7. The van der Waals surface area contributed by atoms with E-state index in [1.807, 2.05) is 73.6 Å². The molecule has 1 aliphatic rings. The van der Waals surface area contributed by atoms with Gasteiger partial charge < -0.3 is 24.4 Å². The van der Waals surface area contributed by atoms with Gasteiger partial charge in [0.1, 0.15) is 23.0 Å². The number of carbonyl (C=O) groups excluding carboxylic acids is 2. The van der Waals surface area contributed by atoms with E-state index in [1.54, 1.807) is 36.3 Å². The van der Waals surface area contributed by atoms with Crippen LogP contribution >= 0.6 is 0 Å². The molecule has 1 aliphatic heterocycles. The number of likely N-dealkylation sites (tertiary alicyclic amines) is 1. The molecule has 36 heavy (non-hydrogen) atoms. The molecule has 1 heterocycles. The molecule has 1 atom stereocenters. The predicted octanol–water partition coefficient (Wildman–Crippen LogP) is 4.86. The van der Waals surface area contributed by atoms with Crippen LogP contribution in [0.3, 0.4) is 0 Å². The lowest BCUT2D eigenvalue weighted by Crippen LogP contribution is -2.32. The molecule has 1 unspecified atom stereocenters. The number of ketones is 1. The molecule has 1 fully saturated rings. The number of benzene rings is 3. The van der Waals surface area contributed by atoms with E-state index in [0.29, 0.717) is 41.3 Å². The minimum Gasteiger partial charge on any atom is -0.507 e. The van der Waals surface area contributed by atoms with Crippen LogP contribution in [0.5, 0.6) is 17.2 Å². The van der Waals surface area contributed by atoms with E-state index in [0.717, 1.165) is 6.54 Å². The smallest absolute Gasteiger partial charge is 0.295 e. The third kappa shape index (κ3) is 5.42. The number of para-hydroxylation sites is 1. The molecule has 0 spiro atoms. The highest BCUT2D eigenvalue weighted by atomic mass is 16.5. The van der Waals surface area contributed by atoms with Gasteiger partial charge in [0.05, 0.1) is 18.7 Å². The Kier molecular flexibility index (Phi) is 7.71. The van der Waals surface area contributed by atoms with Crippen molar-refractivity contribution in [3.63, 3.8) is 0 Å². The molecule has 3 aromatic rings. The fourth-order valence-electron chi connectivity index (χ4n) is 4.29. The maximum atomic E-state index is 13.2. The molecule has 4 rings (SSSR count). The van der Waals surface area contributed by atoms with Crippen LogP contribution in [-0.4, -0.2) is 60.9 Å². The summed E-state index contributed by atoms with van der Waals surface area (Å²) in [5, 5.41) is 11.2. The molecule has 1 amide bonds. The first-order valence-corrected chi connectivity index (χ1v) is 11.8. The van der Waals surface area contributed by atoms with Crippen LogP contribution in [-0.2, 0) is 9.59 Å². The molecule has 1 N–H and O–H groups in total. The number of Topliss-reactive ketones (excluding diaryl/α,β-unsaturated/α-hetero) is 1. The van der Waals surface area contributed by atoms with Crippen molar-refractivity contribution in [3.05, 3.63) is 95.6 Å². The van der Waals surface area contributed by atoms with Crippen molar-refractivity contribution in [1.29, 1.82) is 0 Å². The third-order valence-corrected chi connectivity index (χ3v) is 6.06. The fourth-order valence-corrected chi connectivity index (χ4v) is 4.29. The van der Waals surface area contributed by atoms with Gasteiger partial charge in [0.15, 0.2) is 0 Å². The Balaban J connectivity index is 1.76. The van der Waals surface area contributed by atoms with Gasteiger partial charge in [-0.1, -0.05) is 30.3 Å². The number of amides is 1. The van der Waals surface area contributed by atoms with Crippen LogP contribution in [0.2, 0.25) is 0 Å². The Morgan fingerprint density at radius 3 is 2.28 bits per heavy atom. The van der Waals surface area contributed by atoms with Crippen molar-refractivity contribution in [1.82, 2.24) is 9.80 Å². The molecule has 0 aliphatic carbocycles. The van der Waals surface area contributed by atoms with Gasteiger partial charge in [0, 0.05) is 12.1 Å². The Morgan fingerprint density at radius 2 is 1.61 bits per heavy atom. The number of nitrogens with zero attached hydrogens (tertiary/aromatic N) is 2. The van der Waals surface area contributed by atoms with Crippen LogP contribution in [0.4, 0.5) is 0 Å². The molecule has 0 bridgehead atoms. The number of ether oxygens (including phenoxy) is 2. The lowest BCUT2D eigenvalue weighted by Gasteiger charge is -2.26. The van der Waals surface area contributed by atoms with Crippen LogP contribution in [0.1, 0.15) is 23.6 Å². The van der Waals surface area contributed by atoms with E-state index in [9.17, 15) is 14.7 Å². The largest absolute Gasteiger partial charge is 0.507 e. The van der Waals surface area contributed by atoms with Crippen LogP contribution in [0.15, 0.2) is 84.4 Å². The van der Waals surface area contributed by atoms with Crippen LogP contribution in [0, 0.1) is 0 Å². The Hall–Kier alpha value is -4.10. The monoisotopic (exact) mass is 486 g/mol. The Bertz CT molecular complexity index is 1250. The minimum atomic E-state index is -0.742. The molecule has 1 saturated heterocycles. The molecular formula is C29H30N2O5. The molecular weight excluding hydrogens is 456 g/mol. The molecule has 0 saturated carbocycles. The quantitative estimate of drug-likeness (QED) is 0.264. The zero-order valence-electron chi connectivity index (χ0n) is 20.7. The van der Waals surface area contributed by atoms with Crippen molar-refractivity contribution in [2.24, 2.45) is 0 Å². The van der Waals surface area contributed by atoms with Crippen molar-refractivity contribution < 1.29 is 24.2 Å². The number of rotatable bonds is 9. The summed E-state index contributed by atoms with van der Waals surface area (Å²) in [5.41, 5.74) is 1.18. The van der Waals surface area contributed by atoms with E-state index < -0.39 is 17.7 Å². The van der Waals surface area contributed by atoms with Crippen molar-refractivity contribution in [3.8, 4) is 17.2 Å². The standard InChI is InChI=1S/C29H30N2O5/c1-30(2)17-8-18-31-26(21-9-7-12-24(19-21)36-23-10-5-4-6-11-23)25(28(33)29(31)34)27(32)20-13-15-22(35-3)16-14-20/h4-7,9-16,19,26,32H,8,17-18H2,1-3H3/b27-25+. The normalized spacial score (nSPS) is 17.0. The highest BCUT2D eigenvalue weighted by Crippen LogP contribution is 2.40. The van der Waals surface area contributed by atoms with Gasteiger partial charge in [0.25, 0.3) is 11.7 Å². The zero-order chi connectivity index (χ0) is 25.7. The van der Waals surface area contributed by atoms with E-state index in [4.69, 9.17) is 9.47 Å². The molecule has 186 valence electrons. The van der Waals surface area contributed by atoms with Crippen LogP contribution in [0.25, 0.3) is 5.76 Å². The summed E-state index contributed by atoms with van der Waals surface area (Å²) in [7, 11) is 5.47. The number of hydrogen-bond acceptors (Lipinski definition) is 6. The number of methoxy groups -OCH3 is 1. The van der Waals surface area contributed by atoms with Crippen molar-refractivity contribution in [2.45, 2.75) is 12.5 Å². The summed E-state index contributed by atoms with van der Waals surface area (Å²) < 4.78 is 11.2. The summed E-state index contributed by atoms with van der Waals surface area (Å²) in [6.45, 7) is 1.13. The Morgan fingerprint density at radius 1 is 0.917 bits per heavy atom. The highest BCUT2D eigenvalue weighted by molar-refractivity contribution is 6.46. The number of aliphatic hydroxyl groups excluding tert-OH is 1. The summed E-state index contributed by atoms with van der Waals surface area (Å²) in [6.07, 6.45) is 0.680. The second-order valence-electron chi connectivity index (χ2n) is 8.87. The van der Waals surface area contributed by atoms with Gasteiger partial charge in [-0.15, -0.1) is 0 Å². The lowest BCUT2D eigenvalue weighted by molar-refractivity contribution is -0.139. The van der Waals surface area contributed by atoms with Crippen LogP contribution < -0.4 is 9.47 Å². The topological polar surface area (TPSA) is 79.3 Å². The minimum absolute atomic E-state index is 0.0619. The molecule has 0 radical (unpaired) electrons. The fraction of sp³-hybridized carbons (Fsp3) is 0.241. The van der Waals surface area contributed by atoms with E-state index in [2.05, 4.69) is 0 Å². The summed E-state index contributed by atoms with van der Waals surface area (Å²) >= 11 is 0. The number of carbonyl (C=O) groups is 2. The van der Waals surface area contributed by atoms with Gasteiger partial charge in [-0.3, -0.25) is 9.59 Å². The van der Waals surface area contributed by atoms with Gasteiger partial charge in [-0.2, -0.15) is 0 Å². The van der Waals surface area contributed by atoms with E-state index >= 15 is 0 Å². The second kappa shape index (κ2) is 11.1. The third-order valence-electron chi connectivity index (χ3n) is 6.06. The first-order chi connectivity index (χ1) is 17.4. The maximum Gasteiger partial charge on any atom is 0.295 e.